The summed E-state index contributed by atoms with van der Waals surface area (Å²) < 4.78 is 0. The lowest BCUT2D eigenvalue weighted by molar-refractivity contribution is -0.384. The van der Waals surface area contributed by atoms with E-state index in [0.717, 1.165) is 10.6 Å². The normalized spacial score (nSPS) is 10.0. The van der Waals surface area contributed by atoms with Gasteiger partial charge in [-0.05, 0) is 30.5 Å². The molecule has 0 saturated heterocycles. The third-order valence-electron chi connectivity index (χ3n) is 2.86. The van der Waals surface area contributed by atoms with E-state index < -0.39 is 4.92 Å². The molecule has 6 nitrogen and oxygen atoms in total. The Hall–Kier alpha value is -2.54. The second kappa shape index (κ2) is 7.46. The Labute approximate surface area is 132 Å². The summed E-state index contributed by atoms with van der Waals surface area (Å²) in [4.78, 5) is 23.2. The number of non-ortho nitro benzene ring substituents is 1. The van der Waals surface area contributed by atoms with Crippen LogP contribution in [0.5, 0.6) is 0 Å². The minimum Gasteiger partial charge on any atom is -0.376 e. The number of nitrogens with one attached hydrogen (secondary N) is 2. The second-order valence-corrected chi connectivity index (χ2v) is 5.32. The number of carbonyl (C=O) groups excluding carboxylic acids is 1. The van der Waals surface area contributed by atoms with Gasteiger partial charge in [-0.25, -0.2) is 0 Å². The molecule has 2 rings (SSSR count). The first-order valence-corrected chi connectivity index (χ1v) is 7.73. The first-order chi connectivity index (χ1) is 10.6. The Bertz CT molecular complexity index is 691. The van der Waals surface area contributed by atoms with Crippen molar-refractivity contribution >= 4 is 34.7 Å². The van der Waals surface area contributed by atoms with Gasteiger partial charge < -0.3 is 10.6 Å². The number of thioether (sulfide) groups is 1. The quantitative estimate of drug-likeness (QED) is 0.485. The molecule has 0 aromatic heterocycles. The molecule has 0 aliphatic carbocycles. The van der Waals surface area contributed by atoms with E-state index in [1.807, 2.05) is 30.5 Å². The Kier molecular flexibility index (Phi) is 5.37. The number of hydrogen-bond acceptors (Lipinski definition) is 5. The summed E-state index contributed by atoms with van der Waals surface area (Å²) in [6.07, 6.45) is 1.96. The number of hydrogen-bond donors (Lipinski definition) is 2. The van der Waals surface area contributed by atoms with E-state index in [0.29, 0.717) is 5.69 Å². The molecule has 1 amide bonds. The molecule has 0 unspecified atom stereocenters. The maximum absolute atomic E-state index is 11.9. The first kappa shape index (κ1) is 15.8. The summed E-state index contributed by atoms with van der Waals surface area (Å²) in [6, 6.07) is 13.6. The van der Waals surface area contributed by atoms with Gasteiger partial charge >= 0.3 is 0 Å². The van der Waals surface area contributed by atoms with E-state index in [9.17, 15) is 14.9 Å². The van der Waals surface area contributed by atoms with Gasteiger partial charge in [-0.2, -0.15) is 0 Å². The monoisotopic (exact) mass is 317 g/mol. The lowest BCUT2D eigenvalue weighted by Gasteiger charge is -2.08. The van der Waals surface area contributed by atoms with Crippen molar-refractivity contribution in [1.82, 2.24) is 0 Å². The van der Waals surface area contributed by atoms with Crippen LogP contribution in [0.3, 0.4) is 0 Å². The highest BCUT2D eigenvalue weighted by molar-refractivity contribution is 7.98. The third-order valence-corrected chi connectivity index (χ3v) is 3.59. The standard InChI is InChI=1S/C15H15N3O3S/c1-22-14-7-3-5-12(9-14)17-15(19)10-16-11-4-2-6-13(8-11)18(20)21/h2-9,16H,10H2,1H3,(H,17,19). The number of amides is 1. The minimum atomic E-state index is -0.473. The molecule has 0 spiro atoms. The molecular weight excluding hydrogens is 302 g/mol. The summed E-state index contributed by atoms with van der Waals surface area (Å²) >= 11 is 1.59. The lowest BCUT2D eigenvalue weighted by atomic mass is 10.3. The maximum atomic E-state index is 11.9. The number of benzene rings is 2. The van der Waals surface area contributed by atoms with Crippen LogP contribution in [0.15, 0.2) is 53.4 Å². The van der Waals surface area contributed by atoms with Crippen LogP contribution in [0.2, 0.25) is 0 Å². The predicted molar refractivity (Wildman–Crippen MR) is 88.4 cm³/mol. The molecular formula is C15H15N3O3S. The predicted octanol–water partition coefficient (Wildman–Crippen LogP) is 3.37. The zero-order chi connectivity index (χ0) is 15.9. The minimum absolute atomic E-state index is 0.0157. The van der Waals surface area contributed by atoms with E-state index in [1.54, 1.807) is 23.9 Å². The molecule has 0 atom stereocenters. The van der Waals surface area contributed by atoms with E-state index in [1.165, 1.54) is 12.1 Å². The summed E-state index contributed by atoms with van der Waals surface area (Å²) in [7, 11) is 0. The van der Waals surface area contributed by atoms with Crippen molar-refractivity contribution in [3.8, 4) is 0 Å². The van der Waals surface area contributed by atoms with Gasteiger partial charge in [0.15, 0.2) is 0 Å². The van der Waals surface area contributed by atoms with Crippen molar-refractivity contribution in [2.45, 2.75) is 4.90 Å². The van der Waals surface area contributed by atoms with Gasteiger partial charge in [-0.3, -0.25) is 14.9 Å². The zero-order valence-corrected chi connectivity index (χ0v) is 12.7. The molecule has 0 aliphatic heterocycles. The largest absolute Gasteiger partial charge is 0.376 e. The van der Waals surface area contributed by atoms with Gasteiger partial charge in [0.05, 0.1) is 11.5 Å². The lowest BCUT2D eigenvalue weighted by Crippen LogP contribution is -2.21. The van der Waals surface area contributed by atoms with Gasteiger partial charge in [0.1, 0.15) is 0 Å². The number of anilines is 2. The van der Waals surface area contributed by atoms with Crippen LogP contribution in [-0.4, -0.2) is 23.6 Å². The summed E-state index contributed by atoms with van der Waals surface area (Å²) in [5.41, 5.74) is 1.23. The van der Waals surface area contributed by atoms with Crippen LogP contribution < -0.4 is 10.6 Å². The van der Waals surface area contributed by atoms with Crippen molar-refractivity contribution < 1.29 is 9.72 Å². The average Bonchev–Trinajstić information content (AvgIpc) is 2.53. The van der Waals surface area contributed by atoms with Gasteiger partial charge in [-0.15, -0.1) is 11.8 Å². The molecule has 2 aromatic carbocycles. The number of carbonyl (C=O) groups is 1. The van der Waals surface area contributed by atoms with Gasteiger partial charge in [0.25, 0.3) is 5.69 Å². The van der Waals surface area contributed by atoms with Crippen molar-refractivity contribution in [2.75, 3.05) is 23.4 Å². The van der Waals surface area contributed by atoms with Gasteiger partial charge in [-0.1, -0.05) is 12.1 Å². The topological polar surface area (TPSA) is 84.3 Å². The van der Waals surface area contributed by atoms with Crippen molar-refractivity contribution in [2.24, 2.45) is 0 Å². The van der Waals surface area contributed by atoms with E-state index in [2.05, 4.69) is 10.6 Å². The molecule has 2 N–H and O–H groups in total. The Morgan fingerprint density at radius 3 is 2.64 bits per heavy atom. The maximum Gasteiger partial charge on any atom is 0.271 e. The van der Waals surface area contributed by atoms with Crippen molar-refractivity contribution in [3.63, 3.8) is 0 Å². The first-order valence-electron chi connectivity index (χ1n) is 6.51. The van der Waals surface area contributed by atoms with Crippen LogP contribution in [-0.2, 0) is 4.79 Å². The van der Waals surface area contributed by atoms with E-state index in [4.69, 9.17) is 0 Å². The second-order valence-electron chi connectivity index (χ2n) is 4.44. The summed E-state index contributed by atoms with van der Waals surface area (Å²) in [6.45, 7) is 0.0324. The van der Waals surface area contributed by atoms with Gasteiger partial charge in [0.2, 0.25) is 5.91 Å². The number of nitrogens with zero attached hydrogens (tertiary/aromatic N) is 1. The van der Waals surface area contributed by atoms with E-state index >= 15 is 0 Å². The Morgan fingerprint density at radius 2 is 1.91 bits per heavy atom. The van der Waals surface area contributed by atoms with Gasteiger partial charge in [0, 0.05) is 28.4 Å². The number of nitro groups is 1. The highest BCUT2D eigenvalue weighted by Crippen LogP contribution is 2.19. The smallest absolute Gasteiger partial charge is 0.271 e. The molecule has 2 aromatic rings. The van der Waals surface area contributed by atoms with Crippen LogP contribution in [0.4, 0.5) is 17.1 Å². The number of rotatable bonds is 6. The molecule has 114 valence electrons. The summed E-state index contributed by atoms with van der Waals surface area (Å²) in [5.74, 6) is -0.218. The van der Waals surface area contributed by atoms with Crippen LogP contribution in [0.1, 0.15) is 0 Å². The Balaban J connectivity index is 1.92. The third kappa shape index (κ3) is 4.49. The molecule has 0 radical (unpaired) electrons. The molecule has 0 fully saturated rings. The molecule has 0 bridgehead atoms. The fourth-order valence-electron chi connectivity index (χ4n) is 1.82. The van der Waals surface area contributed by atoms with Crippen LogP contribution in [0.25, 0.3) is 0 Å². The zero-order valence-electron chi connectivity index (χ0n) is 11.9. The highest BCUT2D eigenvalue weighted by atomic mass is 32.2. The summed E-state index contributed by atoms with van der Waals surface area (Å²) in [5, 5.41) is 16.3. The molecule has 0 aliphatic rings. The highest BCUT2D eigenvalue weighted by Gasteiger charge is 2.07. The average molecular weight is 317 g/mol. The SMILES string of the molecule is CSc1cccc(NC(=O)CNc2cccc([N+](=O)[O-])c2)c1. The van der Waals surface area contributed by atoms with Crippen LogP contribution in [0, 0.1) is 10.1 Å². The van der Waals surface area contributed by atoms with Crippen LogP contribution >= 0.6 is 11.8 Å². The van der Waals surface area contributed by atoms with E-state index in [-0.39, 0.29) is 18.1 Å². The molecule has 7 heteroatoms. The molecule has 22 heavy (non-hydrogen) atoms. The molecule has 0 heterocycles. The molecule has 0 saturated carbocycles. The van der Waals surface area contributed by atoms with Crippen molar-refractivity contribution in [1.29, 1.82) is 0 Å². The number of nitro benzene ring substituents is 1. The fraction of sp³-hybridized carbons (Fsp3) is 0.133. The fourth-order valence-corrected chi connectivity index (χ4v) is 2.28. The Morgan fingerprint density at radius 1 is 1.18 bits per heavy atom. The van der Waals surface area contributed by atoms with Crippen molar-refractivity contribution in [3.05, 3.63) is 58.6 Å².